The van der Waals surface area contributed by atoms with Gasteiger partial charge in [-0.05, 0) is 31.4 Å². The fourth-order valence-corrected chi connectivity index (χ4v) is 3.14. The van der Waals surface area contributed by atoms with Gasteiger partial charge in [0.2, 0.25) is 5.91 Å². The first kappa shape index (κ1) is 12.9. The predicted molar refractivity (Wildman–Crippen MR) is 69.5 cm³/mol. The van der Waals surface area contributed by atoms with E-state index in [0.29, 0.717) is 13.0 Å². The third-order valence-electron chi connectivity index (χ3n) is 2.96. The van der Waals surface area contributed by atoms with Crippen LogP contribution in [0.3, 0.4) is 0 Å². The number of likely N-dealkylation sites (tertiary alicyclic amines) is 1. The van der Waals surface area contributed by atoms with Gasteiger partial charge in [0.05, 0.1) is 10.4 Å². The molecule has 0 spiro atoms. The Morgan fingerprint density at radius 1 is 1.59 bits per heavy atom. The highest BCUT2D eigenvalue weighted by atomic mass is 35.5. The highest BCUT2D eigenvalue weighted by Crippen LogP contribution is 2.23. The summed E-state index contributed by atoms with van der Waals surface area (Å²) in [7, 11) is 0. The van der Waals surface area contributed by atoms with Crippen LogP contribution in [0.15, 0.2) is 12.1 Å². The number of amides is 1. The third kappa shape index (κ3) is 3.69. The van der Waals surface area contributed by atoms with Gasteiger partial charge in [-0.15, -0.1) is 11.3 Å². The standard InChI is InChI=1S/C12H16ClNO2S/c13-11-5-3-10(17-11)4-6-12(16)14-7-1-2-9(15)8-14/h3,5,9,15H,1-2,4,6-8H2. The fourth-order valence-electron chi connectivity index (χ4n) is 2.06. The number of β-amino-alcohol motifs (C(OH)–C–C–N with tert-alkyl or cyclic N) is 1. The van der Waals surface area contributed by atoms with Gasteiger partial charge >= 0.3 is 0 Å². The van der Waals surface area contributed by atoms with Gasteiger partial charge in [0, 0.05) is 24.4 Å². The number of hydrogen-bond donors (Lipinski definition) is 1. The lowest BCUT2D eigenvalue weighted by molar-refractivity contribution is -0.134. The number of aliphatic hydroxyl groups is 1. The Morgan fingerprint density at radius 2 is 2.41 bits per heavy atom. The number of rotatable bonds is 3. The van der Waals surface area contributed by atoms with Crippen molar-refractivity contribution in [1.82, 2.24) is 4.90 Å². The minimum Gasteiger partial charge on any atom is -0.391 e. The van der Waals surface area contributed by atoms with Crippen molar-refractivity contribution in [2.45, 2.75) is 31.8 Å². The van der Waals surface area contributed by atoms with Crippen molar-refractivity contribution in [3.63, 3.8) is 0 Å². The second kappa shape index (κ2) is 5.85. The normalized spacial score (nSPS) is 20.6. The number of aliphatic hydroxyl groups excluding tert-OH is 1. The van der Waals surface area contributed by atoms with Crippen LogP contribution in [0.1, 0.15) is 24.1 Å². The summed E-state index contributed by atoms with van der Waals surface area (Å²) in [6.45, 7) is 1.27. The Labute approximate surface area is 110 Å². The Balaban J connectivity index is 1.80. The summed E-state index contributed by atoms with van der Waals surface area (Å²) in [6, 6.07) is 3.82. The van der Waals surface area contributed by atoms with Gasteiger partial charge in [-0.2, -0.15) is 0 Å². The number of hydrogen-bond acceptors (Lipinski definition) is 3. The van der Waals surface area contributed by atoms with Crippen LogP contribution >= 0.6 is 22.9 Å². The summed E-state index contributed by atoms with van der Waals surface area (Å²) in [6.07, 6.45) is 2.61. The molecule has 0 aromatic carbocycles. The van der Waals surface area contributed by atoms with Gasteiger partial charge in [0.25, 0.3) is 0 Å². The predicted octanol–water partition coefficient (Wildman–Crippen LogP) is 2.32. The van der Waals surface area contributed by atoms with E-state index in [4.69, 9.17) is 11.6 Å². The van der Waals surface area contributed by atoms with Crippen LogP contribution in [0.5, 0.6) is 0 Å². The molecule has 5 heteroatoms. The molecule has 1 aromatic rings. The number of carbonyl (C=O) groups is 1. The maximum absolute atomic E-state index is 11.9. The van der Waals surface area contributed by atoms with Crippen molar-refractivity contribution < 1.29 is 9.90 Å². The van der Waals surface area contributed by atoms with Crippen LogP contribution in [0.4, 0.5) is 0 Å². The Hall–Kier alpha value is -0.580. The van der Waals surface area contributed by atoms with Gasteiger partial charge in [-0.1, -0.05) is 11.6 Å². The maximum Gasteiger partial charge on any atom is 0.223 e. The number of thiophene rings is 1. The van der Waals surface area contributed by atoms with E-state index in [1.807, 2.05) is 12.1 Å². The molecule has 1 fully saturated rings. The zero-order valence-corrected chi connectivity index (χ0v) is 11.1. The molecule has 1 aliphatic heterocycles. The van der Waals surface area contributed by atoms with Gasteiger partial charge < -0.3 is 10.0 Å². The minimum atomic E-state index is -0.344. The first-order valence-electron chi connectivity index (χ1n) is 5.85. The quantitative estimate of drug-likeness (QED) is 0.918. The van der Waals surface area contributed by atoms with Crippen LogP contribution in [0, 0.1) is 0 Å². The molecule has 0 radical (unpaired) electrons. The topological polar surface area (TPSA) is 40.5 Å². The van der Waals surface area contributed by atoms with Crippen LogP contribution in [-0.2, 0) is 11.2 Å². The van der Waals surface area contributed by atoms with Crippen LogP contribution < -0.4 is 0 Å². The number of carbonyl (C=O) groups excluding carboxylic acids is 1. The Morgan fingerprint density at radius 3 is 3.06 bits per heavy atom. The van der Waals surface area contributed by atoms with Crippen molar-refractivity contribution in [1.29, 1.82) is 0 Å². The summed E-state index contributed by atoms with van der Waals surface area (Å²) in [5, 5.41) is 9.51. The highest BCUT2D eigenvalue weighted by Gasteiger charge is 2.21. The maximum atomic E-state index is 11.9. The Kier molecular flexibility index (Phi) is 4.42. The van der Waals surface area contributed by atoms with E-state index in [1.54, 1.807) is 4.90 Å². The summed E-state index contributed by atoms with van der Waals surface area (Å²) in [5.41, 5.74) is 0. The van der Waals surface area contributed by atoms with Gasteiger partial charge in [0.15, 0.2) is 0 Å². The fraction of sp³-hybridized carbons (Fsp3) is 0.583. The third-order valence-corrected chi connectivity index (χ3v) is 4.25. The molecule has 1 atom stereocenters. The summed E-state index contributed by atoms with van der Waals surface area (Å²) in [4.78, 5) is 14.8. The Bertz CT molecular complexity index is 394. The van der Waals surface area contributed by atoms with Crippen molar-refractivity contribution in [2.75, 3.05) is 13.1 Å². The molecular formula is C12H16ClNO2S. The lowest BCUT2D eigenvalue weighted by Gasteiger charge is -2.30. The van der Waals surface area contributed by atoms with E-state index < -0.39 is 0 Å². The second-order valence-corrected chi connectivity index (χ2v) is 6.14. The van der Waals surface area contributed by atoms with E-state index >= 15 is 0 Å². The lowest BCUT2D eigenvalue weighted by atomic mass is 10.1. The van der Waals surface area contributed by atoms with E-state index in [0.717, 1.165) is 35.0 Å². The first-order valence-corrected chi connectivity index (χ1v) is 7.04. The number of nitrogens with zero attached hydrogens (tertiary/aromatic N) is 1. The number of halogens is 1. The smallest absolute Gasteiger partial charge is 0.223 e. The van der Waals surface area contributed by atoms with E-state index in [-0.39, 0.29) is 12.0 Å². The second-order valence-electron chi connectivity index (χ2n) is 4.34. The summed E-state index contributed by atoms with van der Waals surface area (Å²) >= 11 is 7.36. The van der Waals surface area contributed by atoms with Crippen molar-refractivity contribution in [2.24, 2.45) is 0 Å². The van der Waals surface area contributed by atoms with Gasteiger partial charge in [-0.3, -0.25) is 4.79 Å². The number of piperidine rings is 1. The molecule has 17 heavy (non-hydrogen) atoms. The monoisotopic (exact) mass is 273 g/mol. The van der Waals surface area contributed by atoms with Crippen molar-refractivity contribution >= 4 is 28.8 Å². The lowest BCUT2D eigenvalue weighted by Crippen LogP contribution is -2.42. The molecule has 1 amide bonds. The van der Waals surface area contributed by atoms with Crippen LogP contribution in [-0.4, -0.2) is 35.1 Å². The van der Waals surface area contributed by atoms with Gasteiger partial charge in [0.1, 0.15) is 0 Å². The van der Waals surface area contributed by atoms with Gasteiger partial charge in [-0.25, -0.2) is 0 Å². The SMILES string of the molecule is O=C(CCc1ccc(Cl)s1)N1CCCC(O)C1. The molecule has 1 saturated heterocycles. The number of aryl methyl sites for hydroxylation is 1. The summed E-state index contributed by atoms with van der Waals surface area (Å²) < 4.78 is 0.765. The molecule has 0 bridgehead atoms. The molecule has 0 aliphatic carbocycles. The molecule has 3 nitrogen and oxygen atoms in total. The van der Waals surface area contributed by atoms with Crippen molar-refractivity contribution in [3.05, 3.63) is 21.3 Å². The average Bonchev–Trinajstić information content (AvgIpc) is 2.72. The zero-order chi connectivity index (χ0) is 12.3. The largest absolute Gasteiger partial charge is 0.391 e. The first-order chi connectivity index (χ1) is 8.15. The molecule has 94 valence electrons. The molecule has 1 unspecified atom stereocenters. The van der Waals surface area contributed by atoms with Crippen LogP contribution in [0.2, 0.25) is 4.34 Å². The van der Waals surface area contributed by atoms with Crippen molar-refractivity contribution in [3.8, 4) is 0 Å². The van der Waals surface area contributed by atoms with E-state index in [2.05, 4.69) is 0 Å². The molecule has 0 saturated carbocycles. The average molecular weight is 274 g/mol. The molecular weight excluding hydrogens is 258 g/mol. The molecule has 2 heterocycles. The van der Waals surface area contributed by atoms with Crippen LogP contribution in [0.25, 0.3) is 0 Å². The van der Waals surface area contributed by atoms with E-state index in [9.17, 15) is 9.90 Å². The molecule has 1 aromatic heterocycles. The highest BCUT2D eigenvalue weighted by molar-refractivity contribution is 7.16. The minimum absolute atomic E-state index is 0.133. The molecule has 2 rings (SSSR count). The molecule has 1 N–H and O–H groups in total. The summed E-state index contributed by atoms with van der Waals surface area (Å²) in [5.74, 6) is 0.133. The zero-order valence-electron chi connectivity index (χ0n) is 9.56. The van der Waals surface area contributed by atoms with E-state index in [1.165, 1.54) is 11.3 Å². The molecule has 1 aliphatic rings.